The maximum atomic E-state index is 12.9. The molecule has 4 heteroatoms. The van der Waals surface area contributed by atoms with Crippen molar-refractivity contribution in [1.82, 2.24) is 4.98 Å². The lowest BCUT2D eigenvalue weighted by molar-refractivity contribution is 0.299. The summed E-state index contributed by atoms with van der Waals surface area (Å²) in [6, 6.07) is 3.25. The summed E-state index contributed by atoms with van der Waals surface area (Å²) >= 11 is 0. The van der Waals surface area contributed by atoms with E-state index in [1.165, 1.54) is 12.3 Å². The van der Waals surface area contributed by atoms with Gasteiger partial charge >= 0.3 is 0 Å². The van der Waals surface area contributed by atoms with Gasteiger partial charge in [0.15, 0.2) is 0 Å². The highest BCUT2D eigenvalue weighted by Gasteiger charge is 2.25. The van der Waals surface area contributed by atoms with Gasteiger partial charge in [-0.1, -0.05) is 0 Å². The number of aromatic nitrogens is 1. The molecule has 0 bridgehead atoms. The van der Waals surface area contributed by atoms with E-state index in [0.717, 1.165) is 12.8 Å². The van der Waals surface area contributed by atoms with Crippen LogP contribution in [-0.4, -0.2) is 11.1 Å². The fourth-order valence-electron chi connectivity index (χ4n) is 0.985. The molecule has 1 aromatic heterocycles. The average molecular weight is 178 g/mol. The minimum absolute atomic E-state index is 0.102. The van der Waals surface area contributed by atoms with Crippen molar-refractivity contribution >= 4 is 0 Å². The Morgan fingerprint density at radius 3 is 3.00 bits per heavy atom. The van der Waals surface area contributed by atoms with Crippen LogP contribution in [0.5, 0.6) is 5.75 Å². The Morgan fingerprint density at radius 1 is 1.62 bits per heavy atom. The zero-order chi connectivity index (χ0) is 9.26. The lowest BCUT2D eigenvalue weighted by Gasteiger charge is -2.04. The molecule has 1 fully saturated rings. The van der Waals surface area contributed by atoms with Gasteiger partial charge in [0.05, 0.1) is 6.10 Å². The van der Waals surface area contributed by atoms with Crippen molar-refractivity contribution in [3.8, 4) is 11.8 Å². The summed E-state index contributed by atoms with van der Waals surface area (Å²) in [5.74, 6) is -0.460. The lowest BCUT2D eigenvalue weighted by Crippen LogP contribution is -2.00. The summed E-state index contributed by atoms with van der Waals surface area (Å²) in [4.78, 5) is 3.37. The van der Waals surface area contributed by atoms with Gasteiger partial charge in [0.1, 0.15) is 17.4 Å². The summed E-state index contributed by atoms with van der Waals surface area (Å²) in [5.41, 5.74) is -0.102. The molecule has 0 spiro atoms. The standard InChI is InChI=1S/C9H7FN2O/c10-9-7(5-11)8(3-4-12-9)13-6-1-2-6/h3-4,6H,1-2H2. The van der Waals surface area contributed by atoms with E-state index in [4.69, 9.17) is 10.00 Å². The topological polar surface area (TPSA) is 45.9 Å². The molecule has 1 heterocycles. The summed E-state index contributed by atoms with van der Waals surface area (Å²) in [7, 11) is 0. The van der Waals surface area contributed by atoms with Crippen LogP contribution in [0.25, 0.3) is 0 Å². The molecular formula is C9H7FN2O. The van der Waals surface area contributed by atoms with E-state index in [9.17, 15) is 4.39 Å². The zero-order valence-corrected chi connectivity index (χ0v) is 6.83. The van der Waals surface area contributed by atoms with E-state index in [-0.39, 0.29) is 11.7 Å². The molecule has 1 aromatic rings. The zero-order valence-electron chi connectivity index (χ0n) is 6.83. The number of hydrogen-bond donors (Lipinski definition) is 0. The largest absolute Gasteiger partial charge is 0.489 e. The highest BCUT2D eigenvalue weighted by Crippen LogP contribution is 2.28. The van der Waals surface area contributed by atoms with Crippen molar-refractivity contribution in [2.75, 3.05) is 0 Å². The van der Waals surface area contributed by atoms with E-state index < -0.39 is 5.95 Å². The Kier molecular flexibility index (Phi) is 1.85. The van der Waals surface area contributed by atoms with Gasteiger partial charge in [0.25, 0.3) is 0 Å². The summed E-state index contributed by atoms with van der Waals surface area (Å²) in [6.07, 6.45) is 3.42. The Balaban J connectivity index is 2.32. The van der Waals surface area contributed by atoms with Crippen molar-refractivity contribution in [2.45, 2.75) is 18.9 Å². The van der Waals surface area contributed by atoms with Crippen molar-refractivity contribution in [3.05, 3.63) is 23.8 Å². The highest BCUT2D eigenvalue weighted by atomic mass is 19.1. The number of rotatable bonds is 2. The smallest absolute Gasteiger partial charge is 0.234 e. The number of halogens is 1. The summed E-state index contributed by atoms with van der Waals surface area (Å²) < 4.78 is 18.2. The first-order valence-electron chi connectivity index (χ1n) is 4.02. The van der Waals surface area contributed by atoms with Crippen LogP contribution in [-0.2, 0) is 0 Å². The van der Waals surface area contributed by atoms with E-state index in [1.807, 2.05) is 0 Å². The van der Waals surface area contributed by atoms with Crippen LogP contribution >= 0.6 is 0 Å². The van der Waals surface area contributed by atoms with Crippen LogP contribution in [0.2, 0.25) is 0 Å². The molecule has 0 aromatic carbocycles. The highest BCUT2D eigenvalue weighted by molar-refractivity contribution is 5.41. The fraction of sp³-hybridized carbons (Fsp3) is 0.333. The van der Waals surface area contributed by atoms with Crippen LogP contribution < -0.4 is 4.74 Å². The van der Waals surface area contributed by atoms with Gasteiger partial charge in [-0.05, 0) is 12.8 Å². The molecule has 0 atom stereocenters. The number of nitrogens with zero attached hydrogens (tertiary/aromatic N) is 2. The molecule has 3 nitrogen and oxygen atoms in total. The van der Waals surface area contributed by atoms with Gasteiger partial charge in [0.2, 0.25) is 5.95 Å². The average Bonchev–Trinajstić information content (AvgIpc) is 2.89. The molecule has 66 valence electrons. The monoisotopic (exact) mass is 178 g/mol. The number of ether oxygens (including phenoxy) is 1. The molecule has 1 aliphatic carbocycles. The predicted octanol–water partition coefficient (Wildman–Crippen LogP) is 1.63. The van der Waals surface area contributed by atoms with Crippen LogP contribution in [0.3, 0.4) is 0 Å². The van der Waals surface area contributed by atoms with Crippen LogP contribution in [0.15, 0.2) is 12.3 Å². The molecule has 1 saturated carbocycles. The van der Waals surface area contributed by atoms with E-state index in [1.54, 1.807) is 6.07 Å². The first kappa shape index (κ1) is 7.99. The molecule has 0 aliphatic heterocycles. The quantitative estimate of drug-likeness (QED) is 0.646. The maximum Gasteiger partial charge on any atom is 0.234 e. The third-order valence-corrected chi connectivity index (χ3v) is 1.80. The fourth-order valence-corrected chi connectivity index (χ4v) is 0.985. The van der Waals surface area contributed by atoms with E-state index in [2.05, 4.69) is 4.98 Å². The second-order valence-corrected chi connectivity index (χ2v) is 2.90. The third kappa shape index (κ3) is 1.59. The summed E-state index contributed by atoms with van der Waals surface area (Å²) in [6.45, 7) is 0. The normalized spacial score (nSPS) is 15.1. The van der Waals surface area contributed by atoms with Crippen molar-refractivity contribution in [2.24, 2.45) is 0 Å². The van der Waals surface area contributed by atoms with Gasteiger partial charge < -0.3 is 4.74 Å². The lowest BCUT2D eigenvalue weighted by atomic mass is 10.3. The van der Waals surface area contributed by atoms with Crippen LogP contribution in [0.1, 0.15) is 18.4 Å². The first-order valence-corrected chi connectivity index (χ1v) is 4.02. The second kappa shape index (κ2) is 3.02. The Labute approximate surface area is 74.8 Å². The minimum atomic E-state index is -0.763. The minimum Gasteiger partial charge on any atom is -0.489 e. The molecule has 1 aliphatic rings. The van der Waals surface area contributed by atoms with Crippen molar-refractivity contribution < 1.29 is 9.13 Å². The van der Waals surface area contributed by atoms with Crippen LogP contribution in [0, 0.1) is 17.3 Å². The molecule has 0 radical (unpaired) electrons. The third-order valence-electron chi connectivity index (χ3n) is 1.80. The Hall–Kier alpha value is -1.63. The number of hydrogen-bond acceptors (Lipinski definition) is 3. The molecular weight excluding hydrogens is 171 g/mol. The molecule has 2 rings (SSSR count). The Bertz CT molecular complexity index is 368. The van der Waals surface area contributed by atoms with Gasteiger partial charge in [0, 0.05) is 12.3 Å². The summed E-state index contributed by atoms with van der Waals surface area (Å²) in [5, 5.41) is 8.62. The van der Waals surface area contributed by atoms with Crippen LogP contribution in [0.4, 0.5) is 4.39 Å². The first-order chi connectivity index (χ1) is 6.31. The molecule has 0 amide bonds. The van der Waals surface area contributed by atoms with Crippen molar-refractivity contribution in [3.63, 3.8) is 0 Å². The number of nitriles is 1. The van der Waals surface area contributed by atoms with Gasteiger partial charge in [-0.25, -0.2) is 4.98 Å². The van der Waals surface area contributed by atoms with Gasteiger partial charge in [-0.2, -0.15) is 9.65 Å². The SMILES string of the molecule is N#Cc1c(OC2CC2)ccnc1F. The number of pyridine rings is 1. The van der Waals surface area contributed by atoms with Crippen molar-refractivity contribution in [1.29, 1.82) is 5.26 Å². The molecule has 13 heavy (non-hydrogen) atoms. The second-order valence-electron chi connectivity index (χ2n) is 2.90. The predicted molar refractivity (Wildman–Crippen MR) is 42.6 cm³/mol. The van der Waals surface area contributed by atoms with Gasteiger partial charge in [-0.3, -0.25) is 0 Å². The molecule has 0 unspecified atom stereocenters. The molecule has 0 saturated heterocycles. The van der Waals surface area contributed by atoms with E-state index >= 15 is 0 Å². The Morgan fingerprint density at radius 2 is 2.38 bits per heavy atom. The van der Waals surface area contributed by atoms with Gasteiger partial charge in [-0.15, -0.1) is 0 Å². The maximum absolute atomic E-state index is 12.9. The van der Waals surface area contributed by atoms with E-state index in [0.29, 0.717) is 5.75 Å². The molecule has 0 N–H and O–H groups in total.